The normalized spacial score (nSPS) is 23.5. The fourth-order valence-electron chi connectivity index (χ4n) is 2.21. The standard InChI is InChI=1S/C13H27N2O.K/c1-12-11-14(9-10-16)7-8-15(12)6-5-13(2,3)4;/h12H,5-11H2,1-4H3;/q-1;+1. The van der Waals surface area contributed by atoms with E-state index in [9.17, 15) is 5.11 Å². The molecule has 0 aromatic heterocycles. The van der Waals surface area contributed by atoms with Gasteiger partial charge in [0, 0.05) is 25.7 Å². The van der Waals surface area contributed by atoms with Crippen molar-refractivity contribution in [3.05, 3.63) is 0 Å². The fraction of sp³-hybridized carbons (Fsp3) is 1.00. The first kappa shape index (κ1) is 18.5. The van der Waals surface area contributed by atoms with Crippen LogP contribution in [0, 0.1) is 5.41 Å². The van der Waals surface area contributed by atoms with E-state index in [1.165, 1.54) is 13.0 Å². The summed E-state index contributed by atoms with van der Waals surface area (Å²) in [6.07, 6.45) is 1.25. The van der Waals surface area contributed by atoms with Gasteiger partial charge in [-0.2, -0.15) is 0 Å². The second-order valence-electron chi connectivity index (χ2n) is 6.20. The molecule has 3 nitrogen and oxygen atoms in total. The Morgan fingerprint density at radius 2 is 1.82 bits per heavy atom. The Hall–Kier alpha value is 1.52. The number of piperazine rings is 1. The molecule has 1 heterocycles. The van der Waals surface area contributed by atoms with Crippen molar-refractivity contribution in [3.8, 4) is 0 Å². The van der Waals surface area contributed by atoms with Crippen LogP contribution in [-0.2, 0) is 0 Å². The van der Waals surface area contributed by atoms with E-state index >= 15 is 0 Å². The Labute approximate surface area is 149 Å². The van der Waals surface area contributed by atoms with E-state index < -0.39 is 0 Å². The van der Waals surface area contributed by atoms with Crippen LogP contribution in [0.2, 0.25) is 0 Å². The maximum atomic E-state index is 10.6. The van der Waals surface area contributed by atoms with E-state index in [0.29, 0.717) is 11.5 Å². The zero-order valence-electron chi connectivity index (χ0n) is 12.3. The molecular formula is C13H27KN2O. The largest absolute Gasteiger partial charge is 1.00 e. The first-order valence-electron chi connectivity index (χ1n) is 6.47. The summed E-state index contributed by atoms with van der Waals surface area (Å²) < 4.78 is 0. The van der Waals surface area contributed by atoms with Crippen molar-refractivity contribution < 1.29 is 56.5 Å². The molecule has 1 fully saturated rings. The summed E-state index contributed by atoms with van der Waals surface area (Å²) in [4.78, 5) is 4.86. The first-order valence-corrected chi connectivity index (χ1v) is 6.47. The van der Waals surface area contributed by atoms with Gasteiger partial charge in [0.15, 0.2) is 0 Å². The van der Waals surface area contributed by atoms with E-state index in [-0.39, 0.29) is 58.0 Å². The Bertz CT molecular complexity index is 206. The summed E-state index contributed by atoms with van der Waals surface area (Å²) in [5, 5.41) is 10.6. The summed E-state index contributed by atoms with van der Waals surface area (Å²) in [5.41, 5.74) is 0.422. The molecule has 0 bridgehead atoms. The molecule has 1 unspecified atom stereocenters. The van der Waals surface area contributed by atoms with E-state index in [1.807, 2.05) is 0 Å². The average Bonchev–Trinajstić information content (AvgIpc) is 2.15. The first-order chi connectivity index (χ1) is 7.42. The summed E-state index contributed by atoms with van der Waals surface area (Å²) >= 11 is 0. The minimum absolute atomic E-state index is 0. The molecule has 4 heteroatoms. The molecule has 1 aliphatic heterocycles. The van der Waals surface area contributed by atoms with Crippen molar-refractivity contribution in [1.29, 1.82) is 0 Å². The van der Waals surface area contributed by atoms with Gasteiger partial charge in [0.1, 0.15) is 0 Å². The van der Waals surface area contributed by atoms with Gasteiger partial charge in [0.25, 0.3) is 0 Å². The van der Waals surface area contributed by atoms with Gasteiger partial charge in [-0.15, -0.1) is 6.61 Å². The third-order valence-electron chi connectivity index (χ3n) is 3.41. The van der Waals surface area contributed by atoms with E-state index in [4.69, 9.17) is 0 Å². The van der Waals surface area contributed by atoms with Crippen molar-refractivity contribution in [3.63, 3.8) is 0 Å². The number of rotatable bonds is 4. The summed E-state index contributed by atoms with van der Waals surface area (Å²) in [6, 6.07) is 0.600. The smallest absolute Gasteiger partial charge is 0.854 e. The van der Waals surface area contributed by atoms with Gasteiger partial charge < -0.3 is 10.0 Å². The van der Waals surface area contributed by atoms with Gasteiger partial charge in [-0.25, -0.2) is 0 Å². The minimum atomic E-state index is 0. The van der Waals surface area contributed by atoms with Crippen LogP contribution in [0.25, 0.3) is 0 Å². The van der Waals surface area contributed by atoms with Gasteiger partial charge in [-0.05, 0) is 31.8 Å². The molecule has 0 aromatic rings. The minimum Gasteiger partial charge on any atom is -0.854 e. The Morgan fingerprint density at radius 1 is 1.18 bits per heavy atom. The molecule has 0 spiro atoms. The predicted octanol–water partition coefficient (Wildman–Crippen LogP) is -2.21. The molecule has 17 heavy (non-hydrogen) atoms. The quantitative estimate of drug-likeness (QED) is 0.541. The number of hydrogen-bond acceptors (Lipinski definition) is 3. The third kappa shape index (κ3) is 7.63. The van der Waals surface area contributed by atoms with Crippen molar-refractivity contribution in [2.24, 2.45) is 5.41 Å². The molecule has 0 amide bonds. The van der Waals surface area contributed by atoms with E-state index in [0.717, 1.165) is 26.2 Å². The maximum Gasteiger partial charge on any atom is 1.00 e. The Kier molecular flexibility index (Phi) is 9.41. The molecule has 1 saturated heterocycles. The number of nitrogens with zero attached hydrogens (tertiary/aromatic N) is 2. The van der Waals surface area contributed by atoms with Crippen LogP contribution in [0.4, 0.5) is 0 Å². The van der Waals surface area contributed by atoms with Crippen molar-refractivity contribution in [2.75, 3.05) is 39.3 Å². The molecular weight excluding hydrogens is 239 g/mol. The maximum absolute atomic E-state index is 10.6. The number of hydrogen-bond donors (Lipinski definition) is 0. The fourth-order valence-corrected chi connectivity index (χ4v) is 2.21. The molecule has 1 atom stereocenters. The monoisotopic (exact) mass is 266 g/mol. The van der Waals surface area contributed by atoms with Crippen LogP contribution in [0.1, 0.15) is 34.1 Å². The van der Waals surface area contributed by atoms with Gasteiger partial charge in [-0.1, -0.05) is 20.8 Å². The van der Waals surface area contributed by atoms with Crippen molar-refractivity contribution in [1.82, 2.24) is 9.80 Å². The summed E-state index contributed by atoms with van der Waals surface area (Å²) in [5.74, 6) is 0. The van der Waals surface area contributed by atoms with Crippen molar-refractivity contribution >= 4 is 0 Å². The Morgan fingerprint density at radius 3 is 2.29 bits per heavy atom. The van der Waals surface area contributed by atoms with Crippen LogP contribution < -0.4 is 56.5 Å². The molecule has 1 aliphatic rings. The molecule has 0 radical (unpaired) electrons. The SMILES string of the molecule is CC1CN(CC[O-])CCN1CCC(C)(C)C.[K+]. The average molecular weight is 266 g/mol. The molecule has 0 aromatic carbocycles. The molecule has 0 saturated carbocycles. The van der Waals surface area contributed by atoms with Crippen LogP contribution in [0.3, 0.4) is 0 Å². The topological polar surface area (TPSA) is 29.5 Å². The van der Waals surface area contributed by atoms with Gasteiger partial charge in [-0.3, -0.25) is 4.90 Å². The molecule has 0 N–H and O–H groups in total. The van der Waals surface area contributed by atoms with E-state index in [1.54, 1.807) is 0 Å². The van der Waals surface area contributed by atoms with Gasteiger partial charge >= 0.3 is 51.4 Å². The van der Waals surface area contributed by atoms with Crippen LogP contribution >= 0.6 is 0 Å². The van der Waals surface area contributed by atoms with Crippen LogP contribution in [-0.4, -0.2) is 55.2 Å². The third-order valence-corrected chi connectivity index (χ3v) is 3.41. The van der Waals surface area contributed by atoms with Crippen LogP contribution in [0.5, 0.6) is 0 Å². The van der Waals surface area contributed by atoms with Gasteiger partial charge in [0.2, 0.25) is 0 Å². The predicted molar refractivity (Wildman–Crippen MR) is 66.4 cm³/mol. The molecule has 1 rings (SSSR count). The second kappa shape index (κ2) is 8.64. The van der Waals surface area contributed by atoms with Crippen molar-refractivity contribution in [2.45, 2.75) is 40.2 Å². The second-order valence-corrected chi connectivity index (χ2v) is 6.20. The zero-order chi connectivity index (χ0) is 12.2. The van der Waals surface area contributed by atoms with E-state index in [2.05, 4.69) is 37.5 Å². The molecule has 96 valence electrons. The zero-order valence-corrected chi connectivity index (χ0v) is 15.5. The van der Waals surface area contributed by atoms with Gasteiger partial charge in [0.05, 0.1) is 0 Å². The van der Waals surface area contributed by atoms with Crippen LogP contribution in [0.15, 0.2) is 0 Å². The summed E-state index contributed by atoms with van der Waals surface area (Å²) in [7, 11) is 0. The summed E-state index contributed by atoms with van der Waals surface area (Å²) in [6.45, 7) is 14.4. The Balaban J connectivity index is 0.00000256. The molecule has 0 aliphatic carbocycles.